The second-order valence-electron chi connectivity index (χ2n) is 4.97. The molecule has 0 spiro atoms. The molecule has 110 valence electrons. The van der Waals surface area contributed by atoms with Crippen LogP contribution in [0.1, 0.15) is 17.3 Å². The Balaban J connectivity index is 2.32. The number of anilines is 1. The lowest BCUT2D eigenvalue weighted by Gasteiger charge is -2.18. The zero-order valence-electron chi connectivity index (χ0n) is 12.1. The van der Waals surface area contributed by atoms with Crippen LogP contribution in [0.3, 0.4) is 0 Å². The van der Waals surface area contributed by atoms with Crippen molar-refractivity contribution in [3.63, 3.8) is 0 Å². The van der Waals surface area contributed by atoms with E-state index in [9.17, 15) is 9.59 Å². The number of amides is 1. The van der Waals surface area contributed by atoms with Crippen molar-refractivity contribution in [2.75, 3.05) is 19.4 Å². The van der Waals surface area contributed by atoms with E-state index in [1.165, 1.54) is 11.0 Å². The van der Waals surface area contributed by atoms with Crippen molar-refractivity contribution in [2.24, 2.45) is 0 Å². The number of hydrogen-bond donors (Lipinski definition) is 2. The summed E-state index contributed by atoms with van der Waals surface area (Å²) in [6, 6.07) is 7.89. The maximum Gasteiger partial charge on any atom is 0.336 e. The normalized spacial score (nSPS) is 12.0. The molecule has 0 aliphatic rings. The fourth-order valence-corrected chi connectivity index (χ4v) is 2.09. The van der Waals surface area contributed by atoms with Gasteiger partial charge in [0, 0.05) is 19.5 Å². The molecule has 21 heavy (non-hydrogen) atoms. The van der Waals surface area contributed by atoms with Crippen LogP contribution < -0.4 is 5.32 Å². The molecule has 1 aromatic carbocycles. The number of pyridine rings is 1. The molecule has 2 N–H and O–H groups in total. The number of hydrogen-bond acceptors (Lipinski definition) is 4. The van der Waals surface area contributed by atoms with Gasteiger partial charge >= 0.3 is 5.97 Å². The lowest BCUT2D eigenvalue weighted by Crippen LogP contribution is -2.36. The van der Waals surface area contributed by atoms with Crippen molar-refractivity contribution >= 4 is 28.6 Å². The highest BCUT2D eigenvalue weighted by Gasteiger charge is 2.15. The predicted octanol–water partition coefficient (Wildman–Crippen LogP) is 1.82. The van der Waals surface area contributed by atoms with E-state index in [4.69, 9.17) is 5.11 Å². The van der Waals surface area contributed by atoms with Crippen LogP contribution in [0.15, 0.2) is 30.3 Å². The quantitative estimate of drug-likeness (QED) is 0.896. The summed E-state index contributed by atoms with van der Waals surface area (Å²) >= 11 is 0. The van der Waals surface area contributed by atoms with Gasteiger partial charge in [-0.15, -0.1) is 0 Å². The number of nitrogens with one attached hydrogen (secondary N) is 1. The van der Waals surface area contributed by atoms with Gasteiger partial charge in [-0.25, -0.2) is 9.78 Å². The molecular weight excluding hydrogens is 270 g/mol. The van der Waals surface area contributed by atoms with Crippen molar-refractivity contribution in [1.82, 2.24) is 9.88 Å². The minimum Gasteiger partial charge on any atom is -0.478 e. The number of likely N-dealkylation sites (N-methyl/N-ethyl adjacent to an activating group) is 1. The van der Waals surface area contributed by atoms with E-state index in [2.05, 4.69) is 10.3 Å². The number of aromatic carboxylic acids is 1. The van der Waals surface area contributed by atoms with E-state index in [1.54, 1.807) is 45.3 Å². The molecule has 0 aliphatic heterocycles. The number of carbonyl (C=O) groups is 2. The van der Waals surface area contributed by atoms with Crippen LogP contribution in [-0.4, -0.2) is 47.0 Å². The highest BCUT2D eigenvalue weighted by molar-refractivity contribution is 6.02. The Bertz CT molecular complexity index is 698. The van der Waals surface area contributed by atoms with Gasteiger partial charge < -0.3 is 15.3 Å². The molecule has 1 heterocycles. The van der Waals surface area contributed by atoms with Gasteiger partial charge in [-0.3, -0.25) is 4.79 Å². The lowest BCUT2D eigenvalue weighted by atomic mass is 10.1. The summed E-state index contributed by atoms with van der Waals surface area (Å²) in [4.78, 5) is 28.8. The number of aromatic nitrogens is 1. The first kappa shape index (κ1) is 14.8. The van der Waals surface area contributed by atoms with Crippen molar-refractivity contribution in [3.8, 4) is 0 Å². The lowest BCUT2D eigenvalue weighted by molar-refractivity contribution is -0.129. The molecular formula is C15H17N3O3. The number of carbonyl (C=O) groups excluding carboxylic acids is 1. The topological polar surface area (TPSA) is 82.5 Å². The van der Waals surface area contributed by atoms with Crippen molar-refractivity contribution in [2.45, 2.75) is 13.0 Å². The van der Waals surface area contributed by atoms with Crippen LogP contribution in [0.2, 0.25) is 0 Å². The third-order valence-corrected chi connectivity index (χ3v) is 3.14. The number of fused-ring (bicyclic) bond motifs is 1. The highest BCUT2D eigenvalue weighted by atomic mass is 16.4. The van der Waals surface area contributed by atoms with E-state index >= 15 is 0 Å². The van der Waals surface area contributed by atoms with Gasteiger partial charge in [0.05, 0.1) is 11.1 Å². The van der Waals surface area contributed by atoms with Gasteiger partial charge in [0.1, 0.15) is 11.9 Å². The molecule has 1 atom stereocenters. The van der Waals surface area contributed by atoms with Crippen molar-refractivity contribution < 1.29 is 14.7 Å². The highest BCUT2D eigenvalue weighted by Crippen LogP contribution is 2.20. The summed E-state index contributed by atoms with van der Waals surface area (Å²) < 4.78 is 0. The van der Waals surface area contributed by atoms with Gasteiger partial charge in [-0.1, -0.05) is 6.07 Å². The number of benzene rings is 1. The average molecular weight is 287 g/mol. The molecule has 6 heteroatoms. The average Bonchev–Trinajstić information content (AvgIpc) is 2.45. The first-order valence-corrected chi connectivity index (χ1v) is 6.51. The largest absolute Gasteiger partial charge is 0.478 e. The summed E-state index contributed by atoms with van der Waals surface area (Å²) in [7, 11) is 3.38. The summed E-state index contributed by atoms with van der Waals surface area (Å²) in [5, 5.41) is 12.7. The van der Waals surface area contributed by atoms with Gasteiger partial charge in [0.2, 0.25) is 5.91 Å². The fourth-order valence-electron chi connectivity index (χ4n) is 2.09. The number of rotatable bonds is 4. The van der Waals surface area contributed by atoms with E-state index in [-0.39, 0.29) is 11.5 Å². The molecule has 0 radical (unpaired) electrons. The second kappa shape index (κ2) is 5.78. The maximum absolute atomic E-state index is 11.8. The van der Waals surface area contributed by atoms with Gasteiger partial charge in [-0.2, -0.15) is 0 Å². The van der Waals surface area contributed by atoms with Crippen LogP contribution in [-0.2, 0) is 4.79 Å². The van der Waals surface area contributed by atoms with E-state index in [0.717, 1.165) is 0 Å². The smallest absolute Gasteiger partial charge is 0.336 e. The molecule has 0 saturated carbocycles. The fraction of sp³-hybridized carbons (Fsp3) is 0.267. The van der Waals surface area contributed by atoms with Crippen LogP contribution in [0.5, 0.6) is 0 Å². The summed E-state index contributed by atoms with van der Waals surface area (Å²) in [6.07, 6.45) is 0. The molecule has 1 unspecified atom stereocenters. The number of carboxylic acid groups (broad SMARTS) is 1. The standard InChI is InChI=1S/C15H17N3O3/c1-9(14(19)18(2)3)16-13-8-7-10-11(15(20)21)5-4-6-12(10)17-13/h4-9H,1-3H3,(H,16,17)(H,20,21). The molecule has 2 aromatic rings. The van der Waals surface area contributed by atoms with E-state index < -0.39 is 12.0 Å². The monoisotopic (exact) mass is 287 g/mol. The van der Waals surface area contributed by atoms with Gasteiger partial charge in [0.25, 0.3) is 0 Å². The van der Waals surface area contributed by atoms with Crippen LogP contribution in [0.25, 0.3) is 10.9 Å². The minimum absolute atomic E-state index is 0.0591. The summed E-state index contributed by atoms with van der Waals surface area (Å²) in [6.45, 7) is 1.75. The minimum atomic E-state index is -0.987. The first-order chi connectivity index (χ1) is 9.90. The molecule has 6 nitrogen and oxygen atoms in total. The maximum atomic E-state index is 11.8. The van der Waals surface area contributed by atoms with Crippen LogP contribution in [0, 0.1) is 0 Å². The molecule has 0 saturated heterocycles. The van der Waals surface area contributed by atoms with Crippen LogP contribution >= 0.6 is 0 Å². The Labute approximate surface area is 122 Å². The Morgan fingerprint density at radius 3 is 2.57 bits per heavy atom. The first-order valence-electron chi connectivity index (χ1n) is 6.51. The molecule has 2 rings (SSSR count). The predicted molar refractivity (Wildman–Crippen MR) is 80.5 cm³/mol. The third kappa shape index (κ3) is 3.10. The van der Waals surface area contributed by atoms with Crippen molar-refractivity contribution in [1.29, 1.82) is 0 Å². The van der Waals surface area contributed by atoms with E-state index in [1.807, 2.05) is 0 Å². The molecule has 0 bridgehead atoms. The summed E-state index contributed by atoms with van der Waals surface area (Å²) in [5.74, 6) is -0.511. The van der Waals surface area contributed by atoms with Gasteiger partial charge in [0.15, 0.2) is 0 Å². The Hall–Kier alpha value is -2.63. The zero-order chi connectivity index (χ0) is 15.6. The number of carboxylic acids is 1. The Morgan fingerprint density at radius 2 is 1.95 bits per heavy atom. The zero-order valence-corrected chi connectivity index (χ0v) is 12.1. The number of nitrogens with zero attached hydrogens (tertiary/aromatic N) is 2. The second-order valence-corrected chi connectivity index (χ2v) is 4.97. The summed E-state index contributed by atoms with van der Waals surface area (Å²) in [5.41, 5.74) is 0.786. The molecule has 0 fully saturated rings. The SMILES string of the molecule is CC(Nc1ccc2c(C(=O)O)cccc2n1)C(=O)N(C)C. The molecule has 0 aliphatic carbocycles. The Morgan fingerprint density at radius 1 is 1.24 bits per heavy atom. The van der Waals surface area contributed by atoms with E-state index in [0.29, 0.717) is 16.7 Å². The molecule has 1 amide bonds. The Kier molecular flexibility index (Phi) is 4.07. The third-order valence-electron chi connectivity index (χ3n) is 3.14. The van der Waals surface area contributed by atoms with Gasteiger partial charge in [-0.05, 0) is 31.2 Å². The van der Waals surface area contributed by atoms with Crippen LogP contribution in [0.4, 0.5) is 5.82 Å². The molecule has 1 aromatic heterocycles. The van der Waals surface area contributed by atoms with Crippen molar-refractivity contribution in [3.05, 3.63) is 35.9 Å².